The number of carbonyl (C=O) groups excluding carboxylic acids is 2. The van der Waals surface area contributed by atoms with Crippen LogP contribution < -0.4 is 16.0 Å². The van der Waals surface area contributed by atoms with Crippen LogP contribution in [0.15, 0.2) is 55.4 Å². The lowest BCUT2D eigenvalue weighted by atomic mass is 10.1. The third kappa shape index (κ3) is 4.44. The van der Waals surface area contributed by atoms with Crippen LogP contribution >= 0.6 is 11.6 Å². The van der Waals surface area contributed by atoms with E-state index in [4.69, 9.17) is 11.6 Å². The molecule has 0 aliphatic carbocycles. The van der Waals surface area contributed by atoms with Gasteiger partial charge >= 0.3 is 0 Å². The van der Waals surface area contributed by atoms with Crippen LogP contribution in [0, 0.1) is 6.92 Å². The number of hydrogen-bond donors (Lipinski definition) is 3. The number of nitrogens with zero attached hydrogens (tertiary/aromatic N) is 2. The van der Waals surface area contributed by atoms with Crippen molar-refractivity contribution >= 4 is 57.2 Å². The Hall–Kier alpha value is -3.45. The van der Waals surface area contributed by atoms with E-state index in [-0.39, 0.29) is 5.88 Å². The maximum absolute atomic E-state index is 11.8. The number of anilines is 4. The molecule has 2 aromatic carbocycles. The maximum atomic E-state index is 11.8. The molecule has 8 heteroatoms. The molecule has 1 aromatic heterocycles. The Morgan fingerprint density at radius 1 is 1.11 bits per heavy atom. The van der Waals surface area contributed by atoms with Crippen molar-refractivity contribution in [1.82, 2.24) is 9.97 Å². The second-order valence-electron chi connectivity index (χ2n) is 6.00. The van der Waals surface area contributed by atoms with E-state index in [1.807, 2.05) is 31.2 Å². The minimum absolute atomic E-state index is 0.211. The van der Waals surface area contributed by atoms with Crippen molar-refractivity contribution in [3.8, 4) is 0 Å². The minimum atomic E-state index is -0.411. The van der Waals surface area contributed by atoms with E-state index in [2.05, 4.69) is 32.5 Å². The molecule has 0 saturated carbocycles. The van der Waals surface area contributed by atoms with Crippen LogP contribution in [0.3, 0.4) is 0 Å². The van der Waals surface area contributed by atoms with Crippen molar-refractivity contribution in [3.05, 3.63) is 60.9 Å². The lowest BCUT2D eigenvalue weighted by Crippen LogP contribution is -2.16. The number of rotatable bonds is 6. The Bertz CT molecular complexity index is 1050. The summed E-state index contributed by atoms with van der Waals surface area (Å²) in [7, 11) is 0. The molecule has 0 atom stereocenters. The second-order valence-corrected chi connectivity index (χ2v) is 6.27. The van der Waals surface area contributed by atoms with Gasteiger partial charge in [-0.3, -0.25) is 9.59 Å². The largest absolute Gasteiger partial charge is 0.340 e. The number of amides is 2. The molecule has 3 N–H and O–H groups in total. The number of carbonyl (C=O) groups is 2. The fourth-order valence-corrected chi connectivity index (χ4v) is 2.62. The molecular formula is C20H18ClN5O2. The van der Waals surface area contributed by atoms with Gasteiger partial charge in [0.05, 0.1) is 16.9 Å². The number of halogens is 1. The van der Waals surface area contributed by atoms with Gasteiger partial charge in [-0.2, -0.15) is 0 Å². The number of aryl methyl sites for hydroxylation is 1. The quantitative estimate of drug-likeness (QED) is 0.433. The van der Waals surface area contributed by atoms with Gasteiger partial charge in [0.2, 0.25) is 11.8 Å². The van der Waals surface area contributed by atoms with Gasteiger partial charge in [0.25, 0.3) is 0 Å². The van der Waals surface area contributed by atoms with Crippen LogP contribution in [0.4, 0.5) is 22.9 Å². The lowest BCUT2D eigenvalue weighted by Gasteiger charge is -2.14. The number of nitrogens with one attached hydrogen (secondary N) is 3. The highest BCUT2D eigenvalue weighted by molar-refractivity contribution is 6.29. The molecule has 0 saturated heterocycles. The van der Waals surface area contributed by atoms with E-state index in [1.165, 1.54) is 6.33 Å². The Morgan fingerprint density at radius 3 is 2.50 bits per heavy atom. The average Bonchev–Trinajstić information content (AvgIpc) is 2.70. The van der Waals surface area contributed by atoms with E-state index in [0.29, 0.717) is 28.1 Å². The summed E-state index contributed by atoms with van der Waals surface area (Å²) in [4.78, 5) is 32.1. The molecule has 0 bridgehead atoms. The molecule has 1 heterocycles. The maximum Gasteiger partial charge on any atom is 0.247 e. The number of hydrogen-bond acceptors (Lipinski definition) is 5. The number of benzene rings is 2. The summed E-state index contributed by atoms with van der Waals surface area (Å²) in [6, 6.07) is 11.2. The number of fused-ring (bicyclic) bond motifs is 1. The van der Waals surface area contributed by atoms with Gasteiger partial charge in [-0.1, -0.05) is 24.3 Å². The van der Waals surface area contributed by atoms with Crippen LogP contribution in [0.5, 0.6) is 0 Å². The zero-order valence-electron chi connectivity index (χ0n) is 15.1. The summed E-state index contributed by atoms with van der Waals surface area (Å²) < 4.78 is 0. The standard InChI is InChI=1S/C20H18ClN5O2/c1-3-18(27)25-16-8-14-15(9-17(16)26-19(28)10-21)22-11-23-20(14)24-13-6-4-12(2)5-7-13/h3-9,11H,1,10H2,2H3,(H,25,27)(H,26,28)(H,22,23,24). The van der Waals surface area contributed by atoms with Gasteiger partial charge in [0, 0.05) is 11.1 Å². The second kappa shape index (κ2) is 8.49. The first-order chi connectivity index (χ1) is 13.5. The Kier molecular flexibility index (Phi) is 5.86. The van der Waals surface area contributed by atoms with Gasteiger partial charge in [-0.05, 0) is 37.3 Å². The molecule has 7 nitrogen and oxygen atoms in total. The lowest BCUT2D eigenvalue weighted by molar-refractivity contribution is -0.114. The van der Waals surface area contributed by atoms with Crippen LogP contribution in [0.25, 0.3) is 10.9 Å². The van der Waals surface area contributed by atoms with Gasteiger partial charge in [-0.25, -0.2) is 9.97 Å². The van der Waals surface area contributed by atoms with Crippen molar-refractivity contribution in [1.29, 1.82) is 0 Å². The molecule has 0 fully saturated rings. The van der Waals surface area contributed by atoms with Gasteiger partial charge in [-0.15, -0.1) is 11.6 Å². The first kappa shape index (κ1) is 19.3. The smallest absolute Gasteiger partial charge is 0.247 e. The highest BCUT2D eigenvalue weighted by Gasteiger charge is 2.13. The molecule has 2 amide bonds. The van der Waals surface area contributed by atoms with Crippen molar-refractivity contribution in [2.24, 2.45) is 0 Å². The Labute approximate surface area is 166 Å². The van der Waals surface area contributed by atoms with Crippen molar-refractivity contribution in [2.75, 3.05) is 21.8 Å². The predicted octanol–water partition coefficient (Wildman–Crippen LogP) is 3.98. The molecule has 28 heavy (non-hydrogen) atoms. The summed E-state index contributed by atoms with van der Waals surface area (Å²) in [5.74, 6) is -0.456. The summed E-state index contributed by atoms with van der Waals surface area (Å²) in [6.07, 6.45) is 2.57. The number of alkyl halides is 1. The van der Waals surface area contributed by atoms with E-state index in [9.17, 15) is 9.59 Å². The summed E-state index contributed by atoms with van der Waals surface area (Å²) in [5.41, 5.74) is 3.37. The van der Waals surface area contributed by atoms with E-state index < -0.39 is 11.8 Å². The minimum Gasteiger partial charge on any atom is -0.340 e. The topological polar surface area (TPSA) is 96.0 Å². The molecule has 0 spiro atoms. The first-order valence-electron chi connectivity index (χ1n) is 8.42. The predicted molar refractivity (Wildman–Crippen MR) is 112 cm³/mol. The van der Waals surface area contributed by atoms with Crippen molar-refractivity contribution in [3.63, 3.8) is 0 Å². The SMILES string of the molecule is C=CC(=O)Nc1cc2c(Nc3ccc(C)cc3)ncnc2cc1NC(=O)CCl. The van der Waals surface area contributed by atoms with Crippen LogP contribution in [-0.4, -0.2) is 27.7 Å². The average molecular weight is 396 g/mol. The van der Waals surface area contributed by atoms with Gasteiger partial charge in [0.1, 0.15) is 18.0 Å². The summed E-state index contributed by atoms with van der Waals surface area (Å²) in [6.45, 7) is 5.46. The monoisotopic (exact) mass is 395 g/mol. The molecule has 3 rings (SSSR count). The zero-order chi connectivity index (χ0) is 20.1. The van der Waals surface area contributed by atoms with Crippen molar-refractivity contribution < 1.29 is 9.59 Å². The van der Waals surface area contributed by atoms with Gasteiger partial charge < -0.3 is 16.0 Å². The van der Waals surface area contributed by atoms with Crippen LogP contribution in [0.2, 0.25) is 0 Å². The van der Waals surface area contributed by atoms with E-state index in [1.54, 1.807) is 12.1 Å². The molecule has 142 valence electrons. The summed E-state index contributed by atoms with van der Waals surface area (Å²) in [5, 5.41) is 9.26. The summed E-state index contributed by atoms with van der Waals surface area (Å²) >= 11 is 5.58. The van der Waals surface area contributed by atoms with E-state index >= 15 is 0 Å². The zero-order valence-corrected chi connectivity index (χ0v) is 15.9. The van der Waals surface area contributed by atoms with Crippen LogP contribution in [0.1, 0.15) is 5.56 Å². The first-order valence-corrected chi connectivity index (χ1v) is 8.95. The number of aromatic nitrogens is 2. The highest BCUT2D eigenvalue weighted by atomic mass is 35.5. The van der Waals surface area contributed by atoms with Crippen LogP contribution in [-0.2, 0) is 9.59 Å². The molecule has 0 unspecified atom stereocenters. The third-order valence-corrected chi connectivity index (χ3v) is 4.17. The highest BCUT2D eigenvalue weighted by Crippen LogP contribution is 2.32. The fraction of sp³-hybridized carbons (Fsp3) is 0.100. The fourth-order valence-electron chi connectivity index (χ4n) is 2.55. The molecule has 3 aromatic rings. The molecular weight excluding hydrogens is 378 g/mol. The Balaban J connectivity index is 2.07. The van der Waals surface area contributed by atoms with E-state index in [0.717, 1.165) is 17.3 Å². The molecule has 0 aliphatic heterocycles. The van der Waals surface area contributed by atoms with Gasteiger partial charge in [0.15, 0.2) is 0 Å². The molecule has 0 radical (unpaired) electrons. The molecule has 0 aliphatic rings. The normalized spacial score (nSPS) is 10.4. The Morgan fingerprint density at radius 2 is 1.82 bits per heavy atom. The third-order valence-electron chi connectivity index (χ3n) is 3.93. The van der Waals surface area contributed by atoms with Crippen molar-refractivity contribution in [2.45, 2.75) is 6.92 Å².